The third-order valence-electron chi connectivity index (χ3n) is 5.26. The van der Waals surface area contributed by atoms with Gasteiger partial charge in [0.15, 0.2) is 17.3 Å². The van der Waals surface area contributed by atoms with Gasteiger partial charge in [-0.3, -0.25) is 4.79 Å². The Morgan fingerprint density at radius 2 is 1.76 bits per heavy atom. The number of nitrogens with zero attached hydrogens (tertiary/aromatic N) is 1. The Kier molecular flexibility index (Phi) is 9.01. The molecule has 0 bridgehead atoms. The smallest absolute Gasteiger partial charge is 0.387 e. The minimum absolute atomic E-state index is 0.0454. The number of Topliss-reactive ketones (excluding diaryl/α,β-unsaturated/α-hetero) is 1. The number of halogens is 2. The zero-order valence-electron chi connectivity index (χ0n) is 19.6. The third-order valence-corrected chi connectivity index (χ3v) is 5.26. The Morgan fingerprint density at radius 3 is 2.47 bits per heavy atom. The van der Waals surface area contributed by atoms with Gasteiger partial charge >= 0.3 is 6.61 Å². The number of aromatic nitrogens is 1. The molecule has 6 nitrogen and oxygen atoms in total. The van der Waals surface area contributed by atoms with E-state index in [1.54, 1.807) is 30.3 Å². The number of ketones is 1. The van der Waals surface area contributed by atoms with E-state index < -0.39 is 6.61 Å². The van der Waals surface area contributed by atoms with Crippen LogP contribution >= 0.6 is 0 Å². The van der Waals surface area contributed by atoms with Crippen molar-refractivity contribution >= 4 is 5.78 Å². The molecule has 34 heavy (non-hydrogen) atoms. The number of aryl methyl sites for hydroxylation is 1. The van der Waals surface area contributed by atoms with Gasteiger partial charge in [-0.05, 0) is 50.1 Å². The minimum Gasteiger partial charge on any atom is -0.493 e. The second-order valence-electron chi connectivity index (χ2n) is 7.59. The molecular weight excluding hydrogens is 444 g/mol. The molecule has 0 radical (unpaired) electrons. The molecule has 2 aromatic carbocycles. The van der Waals surface area contributed by atoms with Gasteiger partial charge in [-0.2, -0.15) is 8.78 Å². The zero-order chi connectivity index (χ0) is 24.5. The lowest BCUT2D eigenvalue weighted by atomic mass is 10.0. The molecule has 0 N–H and O–H groups in total. The van der Waals surface area contributed by atoms with Gasteiger partial charge in [0.1, 0.15) is 12.0 Å². The number of rotatable bonds is 13. The van der Waals surface area contributed by atoms with E-state index in [0.717, 1.165) is 12.8 Å². The quantitative estimate of drug-likeness (QED) is 0.257. The van der Waals surface area contributed by atoms with Crippen molar-refractivity contribution in [1.82, 2.24) is 4.98 Å². The summed E-state index contributed by atoms with van der Waals surface area (Å²) in [5, 5.41) is 0. The van der Waals surface area contributed by atoms with Crippen LogP contribution in [0.2, 0.25) is 0 Å². The molecule has 0 amide bonds. The predicted octanol–water partition coefficient (Wildman–Crippen LogP) is 6.72. The molecule has 3 aromatic rings. The summed E-state index contributed by atoms with van der Waals surface area (Å²) in [6.45, 7) is 3.29. The Hall–Kier alpha value is -3.42. The van der Waals surface area contributed by atoms with Crippen LogP contribution in [0.4, 0.5) is 8.78 Å². The fourth-order valence-electron chi connectivity index (χ4n) is 3.47. The van der Waals surface area contributed by atoms with Gasteiger partial charge in [0.2, 0.25) is 5.89 Å². The van der Waals surface area contributed by atoms with Crippen molar-refractivity contribution in [3.8, 4) is 28.7 Å². The van der Waals surface area contributed by atoms with Crippen LogP contribution in [-0.2, 0) is 6.42 Å². The summed E-state index contributed by atoms with van der Waals surface area (Å²) in [5.74, 6) is 0.968. The molecule has 8 heteroatoms. The van der Waals surface area contributed by atoms with E-state index in [1.165, 1.54) is 12.3 Å². The lowest BCUT2D eigenvalue weighted by molar-refractivity contribution is -0.0521. The lowest BCUT2D eigenvalue weighted by Crippen LogP contribution is -2.15. The SMILES string of the molecule is CCOc1ccccc1C(=O)CCc1coc(-c2ccc(OC(F)F)c(OC(CC)CC)c2)n1. The summed E-state index contributed by atoms with van der Waals surface area (Å²) in [4.78, 5) is 17.2. The molecule has 0 aliphatic heterocycles. The molecule has 0 fully saturated rings. The average molecular weight is 474 g/mol. The number of benzene rings is 2. The Morgan fingerprint density at radius 1 is 1.00 bits per heavy atom. The summed E-state index contributed by atoms with van der Waals surface area (Å²) in [7, 11) is 0. The number of carbonyl (C=O) groups is 1. The van der Waals surface area contributed by atoms with Crippen molar-refractivity contribution in [2.24, 2.45) is 0 Å². The Labute approximate surface area is 197 Å². The van der Waals surface area contributed by atoms with Crippen LogP contribution < -0.4 is 14.2 Å². The van der Waals surface area contributed by atoms with Gasteiger partial charge in [0.25, 0.3) is 0 Å². The van der Waals surface area contributed by atoms with Crippen LogP contribution in [0, 0.1) is 0 Å². The van der Waals surface area contributed by atoms with E-state index in [-0.39, 0.29) is 29.8 Å². The number of carbonyl (C=O) groups excluding carboxylic acids is 1. The molecule has 0 aliphatic carbocycles. The first kappa shape index (κ1) is 25.2. The second-order valence-corrected chi connectivity index (χ2v) is 7.59. The van der Waals surface area contributed by atoms with Gasteiger partial charge in [0.05, 0.1) is 24.0 Å². The highest BCUT2D eigenvalue weighted by Gasteiger charge is 2.18. The van der Waals surface area contributed by atoms with Crippen molar-refractivity contribution in [3.05, 3.63) is 60.0 Å². The summed E-state index contributed by atoms with van der Waals surface area (Å²) in [6.07, 6.45) is 3.41. The topological polar surface area (TPSA) is 70.8 Å². The molecule has 1 aromatic heterocycles. The Bertz CT molecular complexity index is 1080. The third kappa shape index (κ3) is 6.56. The Balaban J connectivity index is 1.74. The highest BCUT2D eigenvalue weighted by atomic mass is 19.3. The summed E-state index contributed by atoms with van der Waals surface area (Å²) in [5.41, 5.74) is 1.69. The number of oxazole rings is 1. The number of hydrogen-bond donors (Lipinski definition) is 0. The molecule has 3 rings (SSSR count). The van der Waals surface area contributed by atoms with Gasteiger partial charge in [0, 0.05) is 18.4 Å². The maximum atomic E-state index is 12.8. The maximum Gasteiger partial charge on any atom is 0.387 e. The van der Waals surface area contributed by atoms with E-state index >= 15 is 0 Å². The van der Waals surface area contributed by atoms with Crippen LogP contribution in [0.1, 0.15) is 56.1 Å². The van der Waals surface area contributed by atoms with E-state index in [1.807, 2.05) is 26.8 Å². The fraction of sp³-hybridized carbons (Fsp3) is 0.385. The van der Waals surface area contributed by atoms with Crippen molar-refractivity contribution in [1.29, 1.82) is 0 Å². The van der Waals surface area contributed by atoms with Crippen molar-refractivity contribution in [2.75, 3.05) is 6.61 Å². The van der Waals surface area contributed by atoms with Crippen LogP contribution in [0.25, 0.3) is 11.5 Å². The molecular formula is C26H29F2NO5. The van der Waals surface area contributed by atoms with Gasteiger partial charge in [-0.1, -0.05) is 26.0 Å². The van der Waals surface area contributed by atoms with Crippen LogP contribution in [0.15, 0.2) is 53.1 Å². The number of hydrogen-bond acceptors (Lipinski definition) is 6. The maximum absolute atomic E-state index is 12.8. The first-order valence-electron chi connectivity index (χ1n) is 11.4. The highest BCUT2D eigenvalue weighted by molar-refractivity contribution is 5.98. The highest BCUT2D eigenvalue weighted by Crippen LogP contribution is 2.35. The number of ether oxygens (including phenoxy) is 3. The molecule has 182 valence electrons. The molecule has 0 aliphatic rings. The normalized spacial score (nSPS) is 11.1. The van der Waals surface area contributed by atoms with Crippen LogP contribution in [0.5, 0.6) is 17.2 Å². The van der Waals surface area contributed by atoms with E-state index in [2.05, 4.69) is 9.72 Å². The second kappa shape index (κ2) is 12.2. The van der Waals surface area contributed by atoms with E-state index in [4.69, 9.17) is 13.9 Å². The standard InChI is InChI=1S/C26H29F2NO5/c1-4-19(5-2)33-24-15-17(11-14-23(24)34-26(27)28)25-29-18(16-32-25)12-13-21(30)20-9-7-8-10-22(20)31-6-3/h7-11,14-16,19,26H,4-6,12-13H2,1-3H3. The number of para-hydroxylation sites is 1. The zero-order valence-corrected chi connectivity index (χ0v) is 19.6. The summed E-state index contributed by atoms with van der Waals surface area (Å²) < 4.78 is 47.3. The minimum atomic E-state index is -2.96. The monoisotopic (exact) mass is 473 g/mol. The molecule has 0 spiro atoms. The molecule has 1 heterocycles. The van der Waals surface area contributed by atoms with Crippen molar-refractivity contribution in [3.63, 3.8) is 0 Å². The average Bonchev–Trinajstić information content (AvgIpc) is 3.31. The van der Waals surface area contributed by atoms with Crippen molar-refractivity contribution < 1.29 is 32.2 Å². The van der Waals surface area contributed by atoms with Gasteiger partial charge < -0.3 is 18.6 Å². The largest absolute Gasteiger partial charge is 0.493 e. The van der Waals surface area contributed by atoms with E-state index in [9.17, 15) is 13.6 Å². The summed E-state index contributed by atoms with van der Waals surface area (Å²) in [6, 6.07) is 11.7. The van der Waals surface area contributed by atoms with Crippen molar-refractivity contribution in [2.45, 2.75) is 59.2 Å². The van der Waals surface area contributed by atoms with Crippen LogP contribution in [-0.4, -0.2) is 30.1 Å². The van der Waals surface area contributed by atoms with Gasteiger partial charge in [-0.25, -0.2) is 4.98 Å². The van der Waals surface area contributed by atoms with Crippen LogP contribution in [0.3, 0.4) is 0 Å². The lowest BCUT2D eigenvalue weighted by Gasteiger charge is -2.18. The number of alkyl halides is 2. The first-order chi connectivity index (χ1) is 16.4. The van der Waals surface area contributed by atoms with E-state index in [0.29, 0.717) is 41.5 Å². The molecule has 0 saturated heterocycles. The molecule has 0 saturated carbocycles. The molecule has 0 atom stereocenters. The molecule has 0 unspecified atom stereocenters. The summed E-state index contributed by atoms with van der Waals surface area (Å²) >= 11 is 0. The first-order valence-corrected chi connectivity index (χ1v) is 11.4. The fourth-order valence-corrected chi connectivity index (χ4v) is 3.47. The van der Waals surface area contributed by atoms with Gasteiger partial charge in [-0.15, -0.1) is 0 Å². The predicted molar refractivity (Wildman–Crippen MR) is 124 cm³/mol.